The Bertz CT molecular complexity index is 1170. The van der Waals surface area contributed by atoms with Crippen LogP contribution in [-0.4, -0.2) is 27.7 Å². The van der Waals surface area contributed by atoms with E-state index in [1.807, 2.05) is 54.6 Å². The van der Waals surface area contributed by atoms with Gasteiger partial charge in [-0.05, 0) is 35.0 Å². The lowest BCUT2D eigenvalue weighted by atomic mass is 10.0. The van der Waals surface area contributed by atoms with Crippen molar-refractivity contribution < 1.29 is 14.7 Å². The van der Waals surface area contributed by atoms with E-state index in [2.05, 4.69) is 10.3 Å². The van der Waals surface area contributed by atoms with Crippen LogP contribution in [0.1, 0.15) is 10.4 Å². The van der Waals surface area contributed by atoms with Crippen LogP contribution in [0.5, 0.6) is 0 Å². The number of nitrogens with one attached hydrogen (secondary N) is 1. The van der Waals surface area contributed by atoms with E-state index in [0.717, 1.165) is 21.0 Å². The third-order valence-electron chi connectivity index (χ3n) is 3.98. The van der Waals surface area contributed by atoms with Gasteiger partial charge in [0.25, 0.3) is 5.91 Å². The maximum absolute atomic E-state index is 12.8. The standard InChI is InChI=1S/C20H14N2O3S2/c23-18(24)11-26-20-22-16-9-8-13(10-17(16)27-20)21-19(25)15-7-3-5-12-4-1-2-6-14(12)15/h1-10H,11H2,(H,21,25)(H,23,24). The number of fused-ring (bicyclic) bond motifs is 2. The second-order valence-electron chi connectivity index (χ2n) is 5.83. The van der Waals surface area contributed by atoms with E-state index in [9.17, 15) is 9.59 Å². The van der Waals surface area contributed by atoms with Gasteiger partial charge in [-0.15, -0.1) is 11.3 Å². The first-order chi connectivity index (χ1) is 13.1. The number of aliphatic carboxylic acids is 1. The molecule has 0 aliphatic carbocycles. The Labute approximate surface area is 163 Å². The minimum atomic E-state index is -0.873. The van der Waals surface area contributed by atoms with Gasteiger partial charge in [-0.2, -0.15) is 0 Å². The number of thiazole rings is 1. The SMILES string of the molecule is O=C(O)CSc1nc2ccc(NC(=O)c3cccc4ccccc34)cc2s1. The zero-order valence-corrected chi connectivity index (χ0v) is 15.6. The maximum Gasteiger partial charge on any atom is 0.313 e. The van der Waals surface area contributed by atoms with Gasteiger partial charge in [0, 0.05) is 11.3 Å². The molecule has 0 spiro atoms. The van der Waals surface area contributed by atoms with Crippen LogP contribution in [-0.2, 0) is 4.79 Å². The number of anilines is 1. The number of hydrogen-bond donors (Lipinski definition) is 2. The van der Waals surface area contributed by atoms with Gasteiger partial charge in [0.05, 0.1) is 16.0 Å². The largest absolute Gasteiger partial charge is 0.481 e. The van der Waals surface area contributed by atoms with Gasteiger partial charge < -0.3 is 10.4 Å². The molecule has 0 aliphatic heterocycles. The average molecular weight is 394 g/mol. The predicted molar refractivity (Wildman–Crippen MR) is 110 cm³/mol. The highest BCUT2D eigenvalue weighted by Gasteiger charge is 2.12. The van der Waals surface area contributed by atoms with Crippen molar-refractivity contribution in [2.24, 2.45) is 0 Å². The van der Waals surface area contributed by atoms with Crippen molar-refractivity contribution in [1.29, 1.82) is 0 Å². The first kappa shape index (κ1) is 17.5. The minimum absolute atomic E-state index is 0.0233. The summed E-state index contributed by atoms with van der Waals surface area (Å²) in [7, 11) is 0. The van der Waals surface area contributed by atoms with Crippen LogP contribution in [0.3, 0.4) is 0 Å². The molecular weight excluding hydrogens is 380 g/mol. The second-order valence-corrected chi connectivity index (χ2v) is 8.08. The fraction of sp³-hybridized carbons (Fsp3) is 0.0500. The van der Waals surface area contributed by atoms with Crippen LogP contribution in [0.15, 0.2) is 65.0 Å². The van der Waals surface area contributed by atoms with Crippen LogP contribution in [0.2, 0.25) is 0 Å². The summed E-state index contributed by atoms with van der Waals surface area (Å²) in [4.78, 5) is 27.9. The smallest absolute Gasteiger partial charge is 0.313 e. The molecule has 27 heavy (non-hydrogen) atoms. The molecule has 4 aromatic rings. The lowest BCUT2D eigenvalue weighted by molar-refractivity contribution is -0.133. The van der Waals surface area contributed by atoms with Crippen molar-refractivity contribution >= 4 is 61.7 Å². The monoisotopic (exact) mass is 394 g/mol. The number of rotatable bonds is 5. The maximum atomic E-state index is 12.8. The van der Waals surface area contributed by atoms with Gasteiger partial charge in [-0.3, -0.25) is 9.59 Å². The molecule has 0 saturated heterocycles. The number of carboxylic acid groups (broad SMARTS) is 1. The summed E-state index contributed by atoms with van der Waals surface area (Å²) in [5.74, 6) is -1.07. The van der Waals surface area contributed by atoms with Crippen molar-refractivity contribution in [2.45, 2.75) is 4.34 Å². The van der Waals surface area contributed by atoms with Crippen LogP contribution in [0, 0.1) is 0 Å². The van der Waals surface area contributed by atoms with Crippen molar-refractivity contribution in [3.8, 4) is 0 Å². The third-order valence-corrected chi connectivity index (χ3v) is 6.13. The Hall–Kier alpha value is -2.90. The van der Waals surface area contributed by atoms with Gasteiger partial charge in [0.2, 0.25) is 0 Å². The number of aromatic nitrogens is 1. The van der Waals surface area contributed by atoms with E-state index >= 15 is 0 Å². The lowest BCUT2D eigenvalue weighted by Crippen LogP contribution is -2.12. The molecule has 4 rings (SSSR count). The molecule has 1 heterocycles. The minimum Gasteiger partial charge on any atom is -0.481 e. The topological polar surface area (TPSA) is 79.3 Å². The Morgan fingerprint density at radius 3 is 2.74 bits per heavy atom. The number of carbonyl (C=O) groups excluding carboxylic acids is 1. The fourth-order valence-corrected chi connectivity index (χ4v) is 4.62. The normalized spacial score (nSPS) is 11.0. The van der Waals surface area contributed by atoms with Gasteiger partial charge in [-0.1, -0.05) is 48.2 Å². The number of benzene rings is 3. The molecule has 1 aromatic heterocycles. The van der Waals surface area contributed by atoms with E-state index in [-0.39, 0.29) is 11.7 Å². The number of hydrogen-bond acceptors (Lipinski definition) is 5. The molecule has 0 saturated carbocycles. The number of nitrogens with zero attached hydrogens (tertiary/aromatic N) is 1. The van der Waals surface area contributed by atoms with E-state index in [1.54, 1.807) is 6.07 Å². The lowest BCUT2D eigenvalue weighted by Gasteiger charge is -2.08. The number of thioether (sulfide) groups is 1. The highest BCUT2D eigenvalue weighted by molar-refractivity contribution is 8.01. The Balaban J connectivity index is 1.59. The number of carbonyl (C=O) groups is 2. The average Bonchev–Trinajstić information content (AvgIpc) is 3.08. The zero-order valence-electron chi connectivity index (χ0n) is 14.0. The molecular formula is C20H14N2O3S2. The molecule has 7 heteroatoms. The van der Waals surface area contributed by atoms with E-state index in [0.29, 0.717) is 15.6 Å². The highest BCUT2D eigenvalue weighted by atomic mass is 32.2. The molecule has 0 atom stereocenters. The van der Waals surface area contributed by atoms with E-state index in [4.69, 9.17) is 5.11 Å². The molecule has 0 fully saturated rings. The summed E-state index contributed by atoms with van der Waals surface area (Å²) in [6.45, 7) is 0. The van der Waals surface area contributed by atoms with Crippen LogP contribution < -0.4 is 5.32 Å². The molecule has 0 radical (unpaired) electrons. The summed E-state index contributed by atoms with van der Waals surface area (Å²) in [6.07, 6.45) is 0. The van der Waals surface area contributed by atoms with Gasteiger partial charge in [0.1, 0.15) is 0 Å². The quantitative estimate of drug-likeness (QED) is 0.472. The summed E-state index contributed by atoms with van der Waals surface area (Å²) in [5, 5.41) is 13.6. The van der Waals surface area contributed by atoms with Crippen molar-refractivity contribution in [3.63, 3.8) is 0 Å². The number of amides is 1. The molecule has 0 unspecified atom stereocenters. The molecule has 0 aliphatic rings. The van der Waals surface area contributed by atoms with Gasteiger partial charge in [0.15, 0.2) is 4.34 Å². The van der Waals surface area contributed by atoms with Crippen molar-refractivity contribution in [2.75, 3.05) is 11.1 Å². The van der Waals surface area contributed by atoms with Crippen LogP contribution in [0.25, 0.3) is 21.0 Å². The predicted octanol–water partition coefficient (Wildman–Crippen LogP) is 4.88. The molecule has 3 aromatic carbocycles. The van der Waals surface area contributed by atoms with Crippen LogP contribution >= 0.6 is 23.1 Å². The van der Waals surface area contributed by atoms with Gasteiger partial charge in [-0.25, -0.2) is 4.98 Å². The summed E-state index contributed by atoms with van der Waals surface area (Å²) in [5.41, 5.74) is 2.09. The molecule has 134 valence electrons. The van der Waals surface area contributed by atoms with Crippen molar-refractivity contribution in [3.05, 3.63) is 66.2 Å². The second kappa shape index (κ2) is 7.38. The Morgan fingerprint density at radius 2 is 1.89 bits per heavy atom. The van der Waals surface area contributed by atoms with E-state index in [1.165, 1.54) is 23.1 Å². The Kier molecular flexibility index (Phi) is 4.79. The molecule has 0 bridgehead atoms. The first-order valence-electron chi connectivity index (χ1n) is 8.14. The van der Waals surface area contributed by atoms with E-state index < -0.39 is 5.97 Å². The zero-order chi connectivity index (χ0) is 18.8. The Morgan fingerprint density at radius 1 is 1.07 bits per heavy atom. The van der Waals surface area contributed by atoms with Crippen molar-refractivity contribution in [1.82, 2.24) is 4.98 Å². The summed E-state index contributed by atoms with van der Waals surface area (Å²) in [6, 6.07) is 18.9. The molecule has 5 nitrogen and oxygen atoms in total. The third kappa shape index (κ3) is 3.79. The highest BCUT2D eigenvalue weighted by Crippen LogP contribution is 2.31. The van der Waals surface area contributed by atoms with Gasteiger partial charge >= 0.3 is 5.97 Å². The van der Waals surface area contributed by atoms with Crippen LogP contribution in [0.4, 0.5) is 5.69 Å². The molecule has 1 amide bonds. The fourth-order valence-electron chi connectivity index (χ4n) is 2.79. The molecule has 2 N–H and O–H groups in total. The first-order valence-corrected chi connectivity index (χ1v) is 9.95. The number of carboxylic acids is 1. The summed E-state index contributed by atoms with van der Waals surface area (Å²) >= 11 is 2.61. The summed E-state index contributed by atoms with van der Waals surface area (Å²) < 4.78 is 1.60.